The van der Waals surface area contributed by atoms with E-state index in [1.807, 2.05) is 37.4 Å². The zero-order chi connectivity index (χ0) is 29.4. The van der Waals surface area contributed by atoms with Crippen LogP contribution in [-0.2, 0) is 0 Å². The molecule has 0 spiro atoms. The molecule has 3 aromatic carbocycles. The summed E-state index contributed by atoms with van der Waals surface area (Å²) in [5.41, 5.74) is 6.49. The largest absolute Gasteiger partial charge is 0.435 e. The van der Waals surface area contributed by atoms with Crippen LogP contribution in [0.1, 0.15) is 22.7 Å². The number of hydrogen-bond acceptors (Lipinski definition) is 6. The van der Waals surface area contributed by atoms with Gasteiger partial charge in [-0.1, -0.05) is 59.8 Å². The number of nitrogens with zero attached hydrogens (tertiary/aromatic N) is 3. The summed E-state index contributed by atoms with van der Waals surface area (Å²) in [6.45, 7) is -4.55. The van der Waals surface area contributed by atoms with E-state index in [-0.39, 0.29) is 17.5 Å². The third-order valence-corrected chi connectivity index (χ3v) is 8.13. The first-order valence-electron chi connectivity index (χ1n) is 13.0. The van der Waals surface area contributed by atoms with Gasteiger partial charge in [-0.25, -0.2) is 4.99 Å². The van der Waals surface area contributed by atoms with E-state index in [0.29, 0.717) is 18.1 Å². The highest BCUT2D eigenvalue weighted by molar-refractivity contribution is 8.16. The Morgan fingerprint density at radius 1 is 0.881 bits per heavy atom. The molecule has 42 heavy (non-hydrogen) atoms. The van der Waals surface area contributed by atoms with Crippen LogP contribution in [0.15, 0.2) is 100 Å². The molecule has 0 unspecified atom stereocenters. The summed E-state index contributed by atoms with van der Waals surface area (Å²) < 4.78 is 60.0. The molecule has 11 heteroatoms. The summed E-state index contributed by atoms with van der Waals surface area (Å²) in [5, 5.41) is 3.47. The van der Waals surface area contributed by atoms with Crippen LogP contribution in [0.25, 0.3) is 11.8 Å². The van der Waals surface area contributed by atoms with Crippen molar-refractivity contribution in [1.29, 1.82) is 0 Å². The van der Waals surface area contributed by atoms with Crippen LogP contribution in [0.5, 0.6) is 11.5 Å². The number of alkyl halides is 4. The average molecular weight is 614 g/mol. The van der Waals surface area contributed by atoms with Crippen molar-refractivity contribution in [1.82, 2.24) is 9.80 Å². The average Bonchev–Trinajstić information content (AvgIpc) is 3.37. The molecule has 0 aromatic heterocycles. The smallest absolute Gasteiger partial charge is 0.387 e. The molecule has 0 amide bonds. The molecule has 0 N–H and O–H groups in total. The number of halogens is 5. The second kappa shape index (κ2) is 11.9. The maximum Gasteiger partial charge on any atom is 0.387 e. The predicted octanol–water partition coefficient (Wildman–Crippen LogP) is 8.28. The Bertz CT molecular complexity index is 1590. The Morgan fingerprint density at radius 2 is 1.50 bits per heavy atom. The Hall–Kier alpha value is -3.73. The first-order valence-corrected chi connectivity index (χ1v) is 14.2. The molecule has 3 aliphatic rings. The Balaban J connectivity index is 1.43. The van der Waals surface area contributed by atoms with E-state index >= 15 is 0 Å². The minimum absolute atomic E-state index is 0.0810. The molecule has 3 aliphatic heterocycles. The minimum atomic E-state index is -2.91. The summed E-state index contributed by atoms with van der Waals surface area (Å²) in [6.07, 6.45) is 2.00. The fourth-order valence-electron chi connectivity index (χ4n) is 5.33. The van der Waals surface area contributed by atoms with Gasteiger partial charge in [-0.05, 0) is 77.4 Å². The van der Waals surface area contributed by atoms with Gasteiger partial charge in [-0.3, -0.25) is 4.90 Å². The number of fused-ring (bicyclic) bond motifs is 1. The highest BCUT2D eigenvalue weighted by Crippen LogP contribution is 2.49. The number of aliphatic imine (C=N–C) groups is 1. The molecule has 0 bridgehead atoms. The predicted molar refractivity (Wildman–Crippen MR) is 158 cm³/mol. The van der Waals surface area contributed by atoms with Gasteiger partial charge < -0.3 is 14.4 Å². The third-order valence-electron chi connectivity index (χ3n) is 7.03. The molecule has 0 aliphatic carbocycles. The van der Waals surface area contributed by atoms with E-state index in [2.05, 4.69) is 24.7 Å². The molecule has 0 radical (unpaired) electrons. The number of likely N-dealkylation sites (N-methyl/N-ethyl adjacent to an activating group) is 1. The normalized spacial score (nSPS) is 19.7. The second-order valence-electron chi connectivity index (χ2n) is 9.91. The standard InChI is InChI=1S/C31H24ClF4N3O2S/c1-38-15-21(14-18-2-10-23(11-3-18)40-29(33)34)27-25(16-38)28(20-6-12-24(13-7-20)41-30(35)36)39-26(17-42-31(39)37-27)19-4-8-22(32)9-5-19/h2-14,17,28-30H,15-16H2,1H3/b21-14+/t28-/m0/s1. The molecule has 0 saturated carbocycles. The van der Waals surface area contributed by atoms with Crippen molar-refractivity contribution >= 4 is 40.3 Å². The maximum absolute atomic E-state index is 12.9. The van der Waals surface area contributed by atoms with Gasteiger partial charge in [0.25, 0.3) is 0 Å². The lowest BCUT2D eigenvalue weighted by Gasteiger charge is -2.42. The van der Waals surface area contributed by atoms with Gasteiger partial charge in [0.15, 0.2) is 5.17 Å². The van der Waals surface area contributed by atoms with E-state index in [1.165, 1.54) is 23.9 Å². The molecule has 1 atom stereocenters. The fraction of sp³-hybridized carbons (Fsp3) is 0.194. The fourth-order valence-corrected chi connectivity index (χ4v) is 6.38. The summed E-state index contributed by atoms with van der Waals surface area (Å²) >= 11 is 7.68. The highest BCUT2D eigenvalue weighted by Gasteiger charge is 2.41. The van der Waals surface area contributed by atoms with Gasteiger partial charge in [0.2, 0.25) is 0 Å². The lowest BCUT2D eigenvalue weighted by Crippen LogP contribution is -2.40. The van der Waals surface area contributed by atoms with Crippen LogP contribution in [0.2, 0.25) is 5.02 Å². The Kier molecular flexibility index (Phi) is 8.02. The number of rotatable bonds is 7. The van der Waals surface area contributed by atoms with Crippen LogP contribution in [-0.4, -0.2) is 48.3 Å². The maximum atomic E-state index is 12.9. The minimum Gasteiger partial charge on any atom is -0.435 e. The molecule has 0 fully saturated rings. The first kappa shape index (κ1) is 28.4. The third kappa shape index (κ3) is 5.92. The molecule has 0 saturated heterocycles. The summed E-state index contributed by atoms with van der Waals surface area (Å²) in [6, 6.07) is 20.5. The number of benzene rings is 3. The molecule has 5 nitrogen and oxygen atoms in total. The number of hydrogen-bond donors (Lipinski definition) is 0. The molecule has 3 heterocycles. The van der Waals surface area contributed by atoms with Crippen molar-refractivity contribution in [2.24, 2.45) is 4.99 Å². The van der Waals surface area contributed by atoms with Crippen molar-refractivity contribution in [2.45, 2.75) is 19.3 Å². The Morgan fingerprint density at radius 3 is 2.12 bits per heavy atom. The van der Waals surface area contributed by atoms with E-state index in [4.69, 9.17) is 16.6 Å². The lowest BCUT2D eigenvalue weighted by molar-refractivity contribution is -0.0505. The summed E-state index contributed by atoms with van der Waals surface area (Å²) in [4.78, 5) is 9.47. The van der Waals surface area contributed by atoms with Crippen molar-refractivity contribution in [3.63, 3.8) is 0 Å². The lowest BCUT2D eigenvalue weighted by atomic mass is 9.88. The molecule has 3 aromatic rings. The molecule has 216 valence electrons. The van der Waals surface area contributed by atoms with Gasteiger partial charge in [0, 0.05) is 23.5 Å². The number of thioether (sulfide) groups is 1. The topological polar surface area (TPSA) is 37.3 Å². The van der Waals surface area contributed by atoms with Crippen molar-refractivity contribution in [3.05, 3.63) is 117 Å². The second-order valence-corrected chi connectivity index (χ2v) is 11.2. The zero-order valence-electron chi connectivity index (χ0n) is 22.2. The molecule has 6 rings (SSSR count). The molecular weight excluding hydrogens is 590 g/mol. The van der Waals surface area contributed by atoms with Crippen molar-refractivity contribution in [2.75, 3.05) is 20.1 Å². The monoisotopic (exact) mass is 613 g/mol. The number of amidine groups is 1. The summed E-state index contributed by atoms with van der Waals surface area (Å²) in [7, 11) is 2.02. The van der Waals surface area contributed by atoms with E-state index in [1.54, 1.807) is 36.4 Å². The van der Waals surface area contributed by atoms with E-state index in [9.17, 15) is 17.6 Å². The van der Waals surface area contributed by atoms with Gasteiger partial charge in [-0.2, -0.15) is 17.6 Å². The van der Waals surface area contributed by atoms with Gasteiger partial charge in [0.05, 0.1) is 17.4 Å². The zero-order valence-corrected chi connectivity index (χ0v) is 23.8. The summed E-state index contributed by atoms with van der Waals surface area (Å²) in [5.74, 6) is 0.168. The SMILES string of the molecule is CN1CC2=C(N=C3SC=C(c4ccc(Cl)cc4)N3[C@H]2c2ccc(OC(F)F)cc2)/C(=C/c2ccc(OC(F)F)cc2)C1. The van der Waals surface area contributed by atoms with Crippen LogP contribution in [0, 0.1) is 0 Å². The van der Waals surface area contributed by atoms with Crippen LogP contribution < -0.4 is 9.47 Å². The van der Waals surface area contributed by atoms with Crippen LogP contribution >= 0.6 is 23.4 Å². The van der Waals surface area contributed by atoms with Crippen LogP contribution in [0.4, 0.5) is 17.6 Å². The van der Waals surface area contributed by atoms with Gasteiger partial charge >= 0.3 is 13.2 Å². The van der Waals surface area contributed by atoms with Gasteiger partial charge in [0.1, 0.15) is 11.5 Å². The van der Waals surface area contributed by atoms with Gasteiger partial charge in [-0.15, -0.1) is 0 Å². The van der Waals surface area contributed by atoms with Crippen molar-refractivity contribution in [3.8, 4) is 11.5 Å². The van der Waals surface area contributed by atoms with Crippen LogP contribution in [0.3, 0.4) is 0 Å². The molecular formula is C31H24ClF4N3O2S. The quantitative estimate of drug-likeness (QED) is 0.251. The van der Waals surface area contributed by atoms with Crippen molar-refractivity contribution < 1.29 is 27.0 Å². The van der Waals surface area contributed by atoms with E-state index < -0.39 is 13.2 Å². The highest BCUT2D eigenvalue weighted by atomic mass is 35.5. The Labute approximate surface area is 249 Å². The first-order chi connectivity index (χ1) is 20.2. The van der Waals surface area contributed by atoms with E-state index in [0.717, 1.165) is 44.4 Å². The number of ether oxygens (including phenoxy) is 2.